The van der Waals surface area contributed by atoms with Gasteiger partial charge in [0, 0.05) is 0 Å². The van der Waals surface area contributed by atoms with E-state index in [-0.39, 0.29) is 5.82 Å². The summed E-state index contributed by atoms with van der Waals surface area (Å²) in [5.74, 6) is 0.231. The molecule has 0 spiro atoms. The molecule has 0 saturated heterocycles. The van der Waals surface area contributed by atoms with E-state index in [2.05, 4.69) is 27.8 Å². The van der Waals surface area contributed by atoms with Crippen molar-refractivity contribution in [2.75, 3.05) is 0 Å². The molecule has 0 atom stereocenters. The molecule has 0 fully saturated rings. The summed E-state index contributed by atoms with van der Waals surface area (Å²) in [6.07, 6.45) is 0. The Morgan fingerprint density at radius 2 is 2.20 bits per heavy atom. The summed E-state index contributed by atoms with van der Waals surface area (Å²) in [6.45, 7) is 0. The van der Waals surface area contributed by atoms with Crippen LogP contribution in [0.3, 0.4) is 0 Å². The van der Waals surface area contributed by atoms with Crippen molar-refractivity contribution in [1.29, 1.82) is 0 Å². The maximum atomic E-state index is 12.5. The Morgan fingerprint density at radius 1 is 1.50 bits per heavy atom. The molecule has 0 aliphatic carbocycles. The quantitative estimate of drug-likeness (QED) is 0.683. The van der Waals surface area contributed by atoms with Crippen molar-refractivity contribution >= 4 is 15.9 Å². The van der Waals surface area contributed by atoms with Crippen molar-refractivity contribution in [2.45, 2.75) is 0 Å². The lowest BCUT2D eigenvalue weighted by atomic mass is 10.3. The van der Waals surface area contributed by atoms with Gasteiger partial charge in [-0.3, -0.25) is 0 Å². The second kappa shape index (κ2) is 3.01. The lowest BCUT2D eigenvalue weighted by molar-refractivity contribution is 0.470. The molecule has 3 heteroatoms. The molecule has 53 valence electrons. The molecule has 0 saturated carbocycles. The summed E-state index contributed by atoms with van der Waals surface area (Å²) in [7, 11) is 3.18. The molecule has 0 amide bonds. The highest BCUT2D eigenvalue weighted by molar-refractivity contribution is 9.10. The molecular weight excluding hydrogens is 199 g/mol. The van der Waals surface area contributed by atoms with Crippen LogP contribution in [0.4, 0.5) is 4.39 Å². The summed E-state index contributed by atoms with van der Waals surface area (Å²) in [4.78, 5) is 0. The van der Waals surface area contributed by atoms with Crippen LogP contribution in [0.1, 0.15) is 0 Å². The number of benzene rings is 1. The molecule has 1 nitrogen and oxygen atoms in total. The monoisotopic (exact) mass is 203 g/mol. The van der Waals surface area contributed by atoms with E-state index in [0.717, 1.165) is 0 Å². The van der Waals surface area contributed by atoms with Gasteiger partial charge in [-0.05, 0) is 34.1 Å². The molecule has 1 radical (unpaired) electrons. The summed E-state index contributed by atoms with van der Waals surface area (Å²) in [5, 5.41) is 0. The molecule has 1 aromatic carbocycles. The van der Waals surface area contributed by atoms with Gasteiger partial charge in [0.25, 0.3) is 0 Å². The lowest BCUT2D eigenvalue weighted by Crippen LogP contribution is -1.81. The first kappa shape index (κ1) is 7.54. The maximum Gasteiger partial charge on any atom is 0.137 e. The van der Waals surface area contributed by atoms with Gasteiger partial charge in [0.2, 0.25) is 0 Å². The highest BCUT2D eigenvalue weighted by atomic mass is 79.9. The number of rotatable bonds is 1. The zero-order valence-corrected chi connectivity index (χ0v) is 6.69. The van der Waals surface area contributed by atoms with Crippen LogP contribution in [0.2, 0.25) is 0 Å². The molecule has 0 aromatic heterocycles. The van der Waals surface area contributed by atoms with E-state index in [1.165, 1.54) is 18.2 Å². The molecule has 1 rings (SSSR count). The van der Waals surface area contributed by atoms with E-state index in [9.17, 15) is 4.39 Å². The summed E-state index contributed by atoms with van der Waals surface area (Å²) in [5.41, 5.74) is 0. The summed E-state index contributed by atoms with van der Waals surface area (Å²) >= 11 is 3.00. The Hall–Kier alpha value is -0.570. The number of ether oxygens (including phenoxy) is 1. The predicted molar refractivity (Wildman–Crippen MR) is 40.1 cm³/mol. The van der Waals surface area contributed by atoms with Crippen molar-refractivity contribution in [1.82, 2.24) is 0 Å². The Bertz CT molecular complexity index is 237. The average molecular weight is 204 g/mol. The second-order valence-electron chi connectivity index (χ2n) is 1.72. The molecule has 0 aliphatic heterocycles. The number of hydrogen-bond donors (Lipinski definition) is 0. The van der Waals surface area contributed by atoms with Crippen molar-refractivity contribution in [3.05, 3.63) is 35.6 Å². The first-order valence-electron chi connectivity index (χ1n) is 2.61. The van der Waals surface area contributed by atoms with E-state index in [1.54, 1.807) is 0 Å². The highest BCUT2D eigenvalue weighted by Crippen LogP contribution is 2.21. The van der Waals surface area contributed by atoms with Crippen molar-refractivity contribution < 1.29 is 9.13 Å². The third kappa shape index (κ3) is 1.48. The standard InChI is InChI=1S/C7H5BrFO/c1-10-5-2-3-7(9)6(8)4-5/h2-4H,1H2. The molecular formula is C7H5BrFO. The first-order valence-corrected chi connectivity index (χ1v) is 3.40. The SMILES string of the molecule is [CH2]Oc1ccc(F)c(Br)c1. The summed E-state index contributed by atoms with van der Waals surface area (Å²) < 4.78 is 17.5. The van der Waals surface area contributed by atoms with Crippen LogP contribution >= 0.6 is 15.9 Å². The van der Waals surface area contributed by atoms with Gasteiger partial charge in [-0.25, -0.2) is 4.39 Å². The minimum atomic E-state index is -0.305. The molecule has 0 N–H and O–H groups in total. The van der Waals surface area contributed by atoms with E-state index >= 15 is 0 Å². The third-order valence-electron chi connectivity index (χ3n) is 1.06. The van der Waals surface area contributed by atoms with Gasteiger partial charge in [0.1, 0.15) is 18.7 Å². The fraction of sp³-hybridized carbons (Fsp3) is 0. The normalized spacial score (nSPS) is 9.50. The third-order valence-corrected chi connectivity index (χ3v) is 1.67. The highest BCUT2D eigenvalue weighted by Gasteiger charge is 1.98. The average Bonchev–Trinajstić information content (AvgIpc) is 1.95. The van der Waals surface area contributed by atoms with Gasteiger partial charge >= 0.3 is 0 Å². The summed E-state index contributed by atoms with van der Waals surface area (Å²) in [6, 6.07) is 4.33. The molecule has 0 aliphatic rings. The predicted octanol–water partition coefficient (Wildman–Crippen LogP) is 2.76. The topological polar surface area (TPSA) is 9.23 Å². The van der Waals surface area contributed by atoms with Crippen LogP contribution in [-0.4, -0.2) is 0 Å². The van der Waals surface area contributed by atoms with Crippen LogP contribution in [0.5, 0.6) is 5.75 Å². The van der Waals surface area contributed by atoms with Crippen molar-refractivity contribution in [2.24, 2.45) is 0 Å². The van der Waals surface area contributed by atoms with Crippen LogP contribution < -0.4 is 4.74 Å². The Kier molecular flexibility index (Phi) is 2.27. The Labute approximate surface area is 66.9 Å². The van der Waals surface area contributed by atoms with Gasteiger partial charge in [0.05, 0.1) is 4.47 Å². The molecule has 0 unspecified atom stereocenters. The van der Waals surface area contributed by atoms with Gasteiger partial charge in [-0.1, -0.05) is 0 Å². The van der Waals surface area contributed by atoms with Gasteiger partial charge < -0.3 is 4.74 Å². The largest absolute Gasteiger partial charge is 0.490 e. The fourth-order valence-electron chi connectivity index (χ4n) is 0.567. The number of halogens is 2. The van der Waals surface area contributed by atoms with E-state index in [4.69, 9.17) is 0 Å². The van der Waals surface area contributed by atoms with Crippen LogP contribution in [0.15, 0.2) is 22.7 Å². The zero-order valence-electron chi connectivity index (χ0n) is 5.10. The number of hydrogen-bond acceptors (Lipinski definition) is 1. The van der Waals surface area contributed by atoms with E-state index in [1.807, 2.05) is 0 Å². The van der Waals surface area contributed by atoms with Crippen LogP contribution in [-0.2, 0) is 0 Å². The maximum absolute atomic E-state index is 12.5. The van der Waals surface area contributed by atoms with Crippen LogP contribution in [0.25, 0.3) is 0 Å². The second-order valence-corrected chi connectivity index (χ2v) is 2.57. The lowest BCUT2D eigenvalue weighted by Gasteiger charge is -1.98. The zero-order chi connectivity index (χ0) is 7.56. The molecule has 10 heavy (non-hydrogen) atoms. The van der Waals surface area contributed by atoms with Crippen LogP contribution in [0, 0.1) is 12.9 Å². The molecule has 1 aromatic rings. The minimum Gasteiger partial charge on any atom is -0.490 e. The van der Waals surface area contributed by atoms with E-state index < -0.39 is 0 Å². The smallest absolute Gasteiger partial charge is 0.137 e. The van der Waals surface area contributed by atoms with Gasteiger partial charge in [-0.2, -0.15) is 0 Å². The minimum absolute atomic E-state index is 0.305. The molecule has 0 heterocycles. The Balaban J connectivity index is 3.04. The first-order chi connectivity index (χ1) is 4.74. The fourth-order valence-corrected chi connectivity index (χ4v) is 0.924. The van der Waals surface area contributed by atoms with E-state index in [0.29, 0.717) is 10.2 Å². The van der Waals surface area contributed by atoms with Crippen molar-refractivity contribution in [3.8, 4) is 5.75 Å². The molecule has 0 bridgehead atoms. The van der Waals surface area contributed by atoms with Crippen molar-refractivity contribution in [3.63, 3.8) is 0 Å². The van der Waals surface area contributed by atoms with Gasteiger partial charge in [-0.15, -0.1) is 0 Å². The van der Waals surface area contributed by atoms with Gasteiger partial charge in [0.15, 0.2) is 0 Å². The Morgan fingerprint density at radius 3 is 2.70 bits per heavy atom.